The maximum Gasteiger partial charge on any atom is 0.241 e. The van der Waals surface area contributed by atoms with Crippen molar-refractivity contribution in [1.82, 2.24) is 10.2 Å². The van der Waals surface area contributed by atoms with Crippen molar-refractivity contribution >= 4 is 5.91 Å². The second kappa shape index (κ2) is 9.42. The molecule has 124 valence electrons. The summed E-state index contributed by atoms with van der Waals surface area (Å²) in [6.45, 7) is 13.2. The van der Waals surface area contributed by atoms with E-state index in [2.05, 4.69) is 39.9 Å². The number of amides is 1. The van der Waals surface area contributed by atoms with E-state index in [1.165, 1.54) is 0 Å². The highest BCUT2D eigenvalue weighted by atomic mass is 16.5. The quantitative estimate of drug-likeness (QED) is 0.630. The van der Waals surface area contributed by atoms with Crippen LogP contribution in [0.5, 0.6) is 0 Å². The Morgan fingerprint density at radius 3 is 2.52 bits per heavy atom. The van der Waals surface area contributed by atoms with Gasteiger partial charge in [0.05, 0.1) is 12.2 Å². The molecule has 0 spiro atoms. The lowest BCUT2D eigenvalue weighted by Gasteiger charge is -2.25. The molecular weight excluding hydrogens is 264 g/mol. The fourth-order valence-corrected chi connectivity index (χ4v) is 2.84. The molecule has 0 radical (unpaired) electrons. The minimum atomic E-state index is -0.00434. The molecule has 4 nitrogen and oxygen atoms in total. The Labute approximate surface area is 130 Å². The summed E-state index contributed by atoms with van der Waals surface area (Å²) in [5, 5.41) is 3.56. The van der Waals surface area contributed by atoms with Crippen LogP contribution in [0.2, 0.25) is 0 Å². The van der Waals surface area contributed by atoms with E-state index in [1.807, 2.05) is 4.90 Å². The lowest BCUT2D eigenvalue weighted by atomic mass is 9.99. The molecule has 1 aliphatic heterocycles. The first-order chi connectivity index (χ1) is 10.0. The Hall–Kier alpha value is -0.610. The van der Waals surface area contributed by atoms with Gasteiger partial charge in [-0.1, -0.05) is 41.0 Å². The van der Waals surface area contributed by atoms with Crippen molar-refractivity contribution in [3.8, 4) is 0 Å². The maximum atomic E-state index is 12.6. The molecule has 1 fully saturated rings. The van der Waals surface area contributed by atoms with Gasteiger partial charge in [-0.05, 0) is 31.1 Å². The van der Waals surface area contributed by atoms with Gasteiger partial charge in [0, 0.05) is 19.8 Å². The molecule has 0 aromatic heterocycles. The van der Waals surface area contributed by atoms with Gasteiger partial charge in [0.15, 0.2) is 0 Å². The van der Waals surface area contributed by atoms with Gasteiger partial charge in [-0.2, -0.15) is 0 Å². The van der Waals surface area contributed by atoms with Gasteiger partial charge >= 0.3 is 0 Å². The van der Waals surface area contributed by atoms with Crippen LogP contribution in [0.3, 0.4) is 0 Å². The third kappa shape index (κ3) is 5.59. The van der Waals surface area contributed by atoms with Crippen molar-refractivity contribution in [2.24, 2.45) is 11.8 Å². The van der Waals surface area contributed by atoms with Gasteiger partial charge in [-0.25, -0.2) is 0 Å². The first-order valence-electron chi connectivity index (χ1n) is 8.65. The summed E-state index contributed by atoms with van der Waals surface area (Å²) in [6.07, 6.45) is 4.23. The number of rotatable bonds is 10. The molecule has 3 atom stereocenters. The van der Waals surface area contributed by atoms with E-state index in [-0.39, 0.29) is 18.1 Å². The maximum absolute atomic E-state index is 12.6. The smallest absolute Gasteiger partial charge is 0.241 e. The SMILES string of the molecule is CCCOCCCN1C(=O)C(C(C)CC)NC1CC(C)C. The van der Waals surface area contributed by atoms with Crippen LogP contribution in [-0.2, 0) is 9.53 Å². The van der Waals surface area contributed by atoms with Gasteiger partial charge in [0.25, 0.3) is 0 Å². The molecule has 0 aliphatic carbocycles. The van der Waals surface area contributed by atoms with Crippen molar-refractivity contribution in [2.45, 2.75) is 72.5 Å². The molecule has 0 aromatic rings. The molecule has 0 aromatic carbocycles. The van der Waals surface area contributed by atoms with Crippen LogP contribution < -0.4 is 5.32 Å². The normalized spacial score (nSPS) is 24.1. The molecule has 1 heterocycles. The van der Waals surface area contributed by atoms with Crippen LogP contribution in [0, 0.1) is 11.8 Å². The van der Waals surface area contributed by atoms with Crippen molar-refractivity contribution < 1.29 is 9.53 Å². The number of carbonyl (C=O) groups is 1. The fraction of sp³-hybridized carbons (Fsp3) is 0.941. The van der Waals surface area contributed by atoms with E-state index in [9.17, 15) is 4.79 Å². The standard InChI is InChI=1S/C17H34N2O2/c1-6-10-21-11-8-9-19-15(12-13(3)4)18-16(17(19)20)14(5)7-2/h13-16,18H,6-12H2,1-5H3. The second-order valence-corrected chi connectivity index (χ2v) is 6.67. The molecule has 3 unspecified atom stereocenters. The van der Waals surface area contributed by atoms with Gasteiger partial charge in [0.2, 0.25) is 5.91 Å². The van der Waals surface area contributed by atoms with E-state index in [0.717, 1.165) is 45.4 Å². The van der Waals surface area contributed by atoms with Gasteiger partial charge < -0.3 is 9.64 Å². The summed E-state index contributed by atoms with van der Waals surface area (Å²) >= 11 is 0. The second-order valence-electron chi connectivity index (χ2n) is 6.67. The number of nitrogens with one attached hydrogen (secondary N) is 1. The Bertz CT molecular complexity index is 307. The van der Waals surface area contributed by atoms with Crippen LogP contribution in [0.4, 0.5) is 0 Å². The Morgan fingerprint density at radius 2 is 1.95 bits per heavy atom. The van der Waals surface area contributed by atoms with E-state index >= 15 is 0 Å². The first-order valence-corrected chi connectivity index (χ1v) is 8.65. The molecular formula is C17H34N2O2. The lowest BCUT2D eigenvalue weighted by Crippen LogP contribution is -2.39. The molecule has 1 aliphatic rings. The topological polar surface area (TPSA) is 41.6 Å². The van der Waals surface area contributed by atoms with E-state index < -0.39 is 0 Å². The average molecular weight is 298 g/mol. The average Bonchev–Trinajstić information content (AvgIpc) is 2.74. The van der Waals surface area contributed by atoms with Crippen LogP contribution in [-0.4, -0.2) is 42.8 Å². The highest BCUT2D eigenvalue weighted by molar-refractivity contribution is 5.84. The summed E-state index contributed by atoms with van der Waals surface area (Å²) in [5.74, 6) is 1.27. The summed E-state index contributed by atoms with van der Waals surface area (Å²) < 4.78 is 5.53. The zero-order chi connectivity index (χ0) is 15.8. The third-order valence-corrected chi connectivity index (χ3v) is 4.24. The van der Waals surface area contributed by atoms with Crippen LogP contribution >= 0.6 is 0 Å². The molecule has 1 amide bonds. The molecule has 0 saturated carbocycles. The minimum Gasteiger partial charge on any atom is -0.381 e. The van der Waals surface area contributed by atoms with Gasteiger partial charge in [-0.3, -0.25) is 10.1 Å². The zero-order valence-electron chi connectivity index (χ0n) is 14.5. The van der Waals surface area contributed by atoms with Crippen molar-refractivity contribution in [1.29, 1.82) is 0 Å². The summed E-state index contributed by atoms with van der Waals surface area (Å²) in [4.78, 5) is 14.7. The zero-order valence-corrected chi connectivity index (χ0v) is 14.5. The predicted octanol–water partition coefficient (Wildman–Crippen LogP) is 3.02. The summed E-state index contributed by atoms with van der Waals surface area (Å²) in [7, 11) is 0. The van der Waals surface area contributed by atoms with Gasteiger partial charge in [-0.15, -0.1) is 0 Å². The first kappa shape index (κ1) is 18.4. The largest absolute Gasteiger partial charge is 0.381 e. The van der Waals surface area contributed by atoms with Crippen molar-refractivity contribution in [3.05, 3.63) is 0 Å². The molecule has 0 bridgehead atoms. The van der Waals surface area contributed by atoms with Crippen LogP contribution in [0.15, 0.2) is 0 Å². The minimum absolute atomic E-state index is 0.00434. The summed E-state index contributed by atoms with van der Waals surface area (Å²) in [5.41, 5.74) is 0. The van der Waals surface area contributed by atoms with Crippen molar-refractivity contribution in [3.63, 3.8) is 0 Å². The number of ether oxygens (including phenoxy) is 1. The lowest BCUT2D eigenvalue weighted by molar-refractivity contribution is -0.131. The third-order valence-electron chi connectivity index (χ3n) is 4.24. The number of hydrogen-bond acceptors (Lipinski definition) is 3. The predicted molar refractivity (Wildman–Crippen MR) is 87.1 cm³/mol. The van der Waals surface area contributed by atoms with Gasteiger partial charge in [0.1, 0.15) is 0 Å². The molecule has 21 heavy (non-hydrogen) atoms. The van der Waals surface area contributed by atoms with E-state index in [1.54, 1.807) is 0 Å². The fourth-order valence-electron chi connectivity index (χ4n) is 2.84. The van der Waals surface area contributed by atoms with Crippen LogP contribution in [0.25, 0.3) is 0 Å². The number of hydrogen-bond donors (Lipinski definition) is 1. The highest BCUT2D eigenvalue weighted by Gasteiger charge is 2.40. The number of nitrogens with zero attached hydrogens (tertiary/aromatic N) is 1. The Morgan fingerprint density at radius 1 is 1.24 bits per heavy atom. The Kier molecular flexibility index (Phi) is 8.27. The van der Waals surface area contributed by atoms with Crippen LogP contribution in [0.1, 0.15) is 60.3 Å². The summed E-state index contributed by atoms with van der Waals surface area (Å²) in [6, 6.07) is -0.00434. The molecule has 1 rings (SSSR count). The highest BCUT2D eigenvalue weighted by Crippen LogP contribution is 2.23. The molecule has 1 N–H and O–H groups in total. The molecule has 4 heteroatoms. The Balaban J connectivity index is 2.55. The monoisotopic (exact) mass is 298 g/mol. The number of carbonyl (C=O) groups excluding carboxylic acids is 1. The molecule has 1 saturated heterocycles. The van der Waals surface area contributed by atoms with Crippen molar-refractivity contribution in [2.75, 3.05) is 19.8 Å². The van der Waals surface area contributed by atoms with E-state index in [0.29, 0.717) is 11.8 Å². The van der Waals surface area contributed by atoms with E-state index in [4.69, 9.17) is 4.74 Å².